The van der Waals surface area contributed by atoms with E-state index in [-0.39, 0.29) is 11.8 Å². The van der Waals surface area contributed by atoms with Crippen LogP contribution in [0.1, 0.15) is 86.3 Å². The van der Waals surface area contributed by atoms with Crippen molar-refractivity contribution in [1.29, 1.82) is 0 Å². The van der Waals surface area contributed by atoms with E-state index < -0.39 is 0 Å². The van der Waals surface area contributed by atoms with E-state index in [1.165, 1.54) is 72.5 Å². The van der Waals surface area contributed by atoms with Crippen LogP contribution in [0.25, 0.3) is 66.6 Å². The molecule has 4 heteroatoms. The van der Waals surface area contributed by atoms with Gasteiger partial charge in [0.05, 0.1) is 33.8 Å². The van der Waals surface area contributed by atoms with Gasteiger partial charge in [0.25, 0.3) is 0 Å². The third-order valence-electron chi connectivity index (χ3n) is 12.2. The second-order valence-corrected chi connectivity index (χ2v) is 15.2. The maximum absolute atomic E-state index is 5.91. The highest BCUT2D eigenvalue weighted by molar-refractivity contribution is 5.95. The molecule has 0 saturated carbocycles. The zero-order chi connectivity index (χ0) is 38.2. The van der Waals surface area contributed by atoms with Crippen LogP contribution in [-0.4, -0.2) is 19.9 Å². The molecule has 4 nitrogen and oxygen atoms in total. The number of aromatic nitrogens is 4. The summed E-state index contributed by atoms with van der Waals surface area (Å²) in [4.78, 5) is 19.7. The Morgan fingerprint density at radius 2 is 0.821 bits per heavy atom. The van der Waals surface area contributed by atoms with Gasteiger partial charge >= 0.3 is 0 Å². The lowest BCUT2D eigenvalue weighted by atomic mass is 9.81. The van der Waals surface area contributed by atoms with Crippen LogP contribution in [0.4, 0.5) is 0 Å². The molecule has 2 aliphatic rings. The molecule has 0 amide bonds. The molecule has 4 aromatic carbocycles. The van der Waals surface area contributed by atoms with Crippen LogP contribution in [0.2, 0.25) is 0 Å². The number of nitrogens with one attached hydrogen (secondary N) is 2. The zero-order valence-corrected chi connectivity index (χ0v) is 33.0. The summed E-state index contributed by atoms with van der Waals surface area (Å²) in [6, 6.07) is 48.2. The van der Waals surface area contributed by atoms with Crippen LogP contribution in [0.3, 0.4) is 0 Å². The number of hydrogen-bond donors (Lipinski definition) is 2. The average molecular weight is 731 g/mol. The lowest BCUT2D eigenvalue weighted by Crippen LogP contribution is -2.06. The van der Waals surface area contributed by atoms with Gasteiger partial charge in [-0.2, -0.15) is 0 Å². The monoisotopic (exact) mass is 730 g/mol. The third-order valence-corrected chi connectivity index (χ3v) is 12.2. The predicted octanol–water partition coefficient (Wildman–Crippen LogP) is 13.6. The van der Waals surface area contributed by atoms with Crippen molar-refractivity contribution in [2.75, 3.05) is 0 Å². The first-order chi connectivity index (χ1) is 27.6. The van der Waals surface area contributed by atoms with Gasteiger partial charge in [-0.25, -0.2) is 0 Å². The minimum Gasteiger partial charge on any atom is -0.354 e. The maximum atomic E-state index is 5.91. The normalized spacial score (nSPS) is 15.3. The molecule has 0 radical (unpaired) electrons. The van der Waals surface area contributed by atoms with Gasteiger partial charge in [0.15, 0.2) is 0 Å². The molecule has 278 valence electrons. The molecule has 8 bridgehead atoms. The van der Waals surface area contributed by atoms with Gasteiger partial charge in [0, 0.05) is 45.1 Å². The topological polar surface area (TPSA) is 57.4 Å². The van der Waals surface area contributed by atoms with Crippen molar-refractivity contribution in [1.82, 2.24) is 19.9 Å². The summed E-state index contributed by atoms with van der Waals surface area (Å²) in [5, 5.41) is 0. The van der Waals surface area contributed by atoms with Crippen molar-refractivity contribution in [2.45, 2.75) is 78.1 Å². The lowest BCUT2D eigenvalue weighted by molar-refractivity contribution is 0.534. The van der Waals surface area contributed by atoms with Gasteiger partial charge in [0.2, 0.25) is 0 Å². The second kappa shape index (κ2) is 15.3. The number of nitrogens with zero attached hydrogens (tertiary/aromatic N) is 2. The molecular formula is C52H50N4. The van der Waals surface area contributed by atoms with E-state index in [2.05, 4.69) is 171 Å². The number of aryl methyl sites for hydroxylation is 4. The molecule has 2 atom stereocenters. The molecule has 9 rings (SSSR count). The summed E-state index contributed by atoms with van der Waals surface area (Å²) in [6.45, 7) is 9.31. The Hall–Kier alpha value is -6.00. The molecule has 0 spiro atoms. The SMILES string of the molecule is CCc1c(CC)c2[nH]c1c(-c1ccccc1)c1nc(c(-c3ccccc3)c3ccc([nH]3)c(-c3ccccc3)c3nc(c2-c2ccccc2)[C@H](CC)[C@@H]3CC)CC1. The van der Waals surface area contributed by atoms with Gasteiger partial charge in [-0.15, -0.1) is 0 Å². The van der Waals surface area contributed by atoms with Crippen LogP contribution in [0.15, 0.2) is 133 Å². The smallest absolute Gasteiger partial charge is 0.0544 e. The van der Waals surface area contributed by atoms with E-state index in [4.69, 9.17) is 9.97 Å². The Kier molecular flexibility index (Phi) is 9.73. The number of aromatic amines is 2. The Labute approximate surface area is 330 Å². The minimum absolute atomic E-state index is 0.246. The fourth-order valence-electron chi connectivity index (χ4n) is 9.67. The molecule has 2 aliphatic heterocycles. The first-order valence-corrected chi connectivity index (χ1v) is 20.7. The zero-order valence-electron chi connectivity index (χ0n) is 33.0. The van der Waals surface area contributed by atoms with Crippen LogP contribution in [0.5, 0.6) is 0 Å². The van der Waals surface area contributed by atoms with Crippen LogP contribution < -0.4 is 0 Å². The molecule has 0 unspecified atom stereocenters. The van der Waals surface area contributed by atoms with E-state index in [0.717, 1.165) is 66.5 Å². The summed E-state index contributed by atoms with van der Waals surface area (Å²) in [5.41, 5.74) is 21.4. The minimum atomic E-state index is 0.246. The van der Waals surface area contributed by atoms with Crippen molar-refractivity contribution in [3.05, 3.63) is 167 Å². The number of benzene rings is 4. The van der Waals surface area contributed by atoms with E-state index in [1.54, 1.807) is 0 Å². The summed E-state index contributed by atoms with van der Waals surface area (Å²) >= 11 is 0. The second-order valence-electron chi connectivity index (χ2n) is 15.2. The molecule has 0 aliphatic carbocycles. The largest absolute Gasteiger partial charge is 0.354 e. The van der Waals surface area contributed by atoms with E-state index >= 15 is 0 Å². The maximum Gasteiger partial charge on any atom is 0.0544 e. The highest BCUT2D eigenvalue weighted by Gasteiger charge is 2.35. The van der Waals surface area contributed by atoms with Crippen molar-refractivity contribution in [2.24, 2.45) is 0 Å². The Morgan fingerprint density at radius 3 is 1.30 bits per heavy atom. The van der Waals surface area contributed by atoms with Crippen LogP contribution in [0, 0.1) is 0 Å². The molecule has 56 heavy (non-hydrogen) atoms. The number of fused-ring (bicyclic) bond motifs is 8. The van der Waals surface area contributed by atoms with Gasteiger partial charge in [-0.1, -0.05) is 149 Å². The van der Waals surface area contributed by atoms with Crippen molar-refractivity contribution >= 4 is 22.1 Å². The summed E-state index contributed by atoms with van der Waals surface area (Å²) in [5.74, 6) is 0.493. The quantitative estimate of drug-likeness (QED) is 0.164. The summed E-state index contributed by atoms with van der Waals surface area (Å²) < 4.78 is 0. The fraction of sp³-hybridized carbons (Fsp3) is 0.231. The number of hydrogen-bond acceptors (Lipinski definition) is 2. The van der Waals surface area contributed by atoms with Crippen molar-refractivity contribution in [3.8, 4) is 44.5 Å². The average Bonchev–Trinajstić information content (AvgIpc) is 4.06. The highest BCUT2D eigenvalue weighted by Crippen LogP contribution is 2.49. The molecule has 5 heterocycles. The van der Waals surface area contributed by atoms with Gasteiger partial charge in [0.1, 0.15) is 0 Å². The first kappa shape index (κ1) is 35.7. The Bertz CT molecular complexity index is 2670. The molecular weight excluding hydrogens is 681 g/mol. The van der Waals surface area contributed by atoms with Crippen LogP contribution >= 0.6 is 0 Å². The molecule has 0 saturated heterocycles. The van der Waals surface area contributed by atoms with E-state index in [0.29, 0.717) is 0 Å². The molecule has 7 aromatic rings. The Morgan fingerprint density at radius 1 is 0.429 bits per heavy atom. The molecule has 3 aromatic heterocycles. The van der Waals surface area contributed by atoms with E-state index in [9.17, 15) is 0 Å². The number of rotatable bonds is 8. The number of H-pyrrole nitrogens is 2. The van der Waals surface area contributed by atoms with E-state index in [1.807, 2.05) is 0 Å². The summed E-state index contributed by atoms with van der Waals surface area (Å²) in [6.07, 6.45) is 5.53. The summed E-state index contributed by atoms with van der Waals surface area (Å²) in [7, 11) is 0. The van der Waals surface area contributed by atoms with Crippen LogP contribution in [-0.2, 0) is 25.7 Å². The predicted molar refractivity (Wildman–Crippen MR) is 235 cm³/mol. The van der Waals surface area contributed by atoms with Crippen molar-refractivity contribution < 1.29 is 0 Å². The van der Waals surface area contributed by atoms with Crippen molar-refractivity contribution in [3.63, 3.8) is 0 Å². The molecule has 2 N–H and O–H groups in total. The lowest BCUT2D eigenvalue weighted by Gasteiger charge is -2.20. The van der Waals surface area contributed by atoms with Gasteiger partial charge in [-0.05, 0) is 84.0 Å². The van der Waals surface area contributed by atoms with Gasteiger partial charge in [-0.3, -0.25) is 9.97 Å². The Balaban J connectivity index is 1.58. The standard InChI is InChI=1S/C52H50N4/c1-5-37-39(7-3)51-48(36-27-19-12-20-28-36)52-40(8-4)38(6-2)50(56-52)47(35-25-17-11-18-26-35)44-32-30-42(54-44)45(33-21-13-9-14-22-33)41-29-31-43(53-41)46(49(37)55-51)34-23-15-10-16-24-34/h9-29,31,37,39,53,56H,5-8,30,32H2,1-4H3/t37-,39+/m0/s1. The fourth-order valence-corrected chi connectivity index (χ4v) is 9.67. The van der Waals surface area contributed by atoms with Gasteiger partial charge < -0.3 is 9.97 Å². The first-order valence-electron chi connectivity index (χ1n) is 20.7. The highest BCUT2D eigenvalue weighted by atomic mass is 14.8. The molecule has 0 fully saturated rings. The third kappa shape index (κ3) is 6.09.